The second kappa shape index (κ2) is 4.32. The van der Waals surface area contributed by atoms with E-state index in [9.17, 15) is 4.79 Å². The highest BCUT2D eigenvalue weighted by Crippen LogP contribution is 1.80. The minimum Gasteiger partial charge on any atom is -0.383 e. The maximum absolute atomic E-state index is 10.4. The molecule has 0 spiro atoms. The van der Waals surface area contributed by atoms with Crippen LogP contribution in [0, 0.1) is 0 Å². The third-order valence-corrected chi connectivity index (χ3v) is 0.866. The summed E-state index contributed by atoms with van der Waals surface area (Å²) in [4.78, 5) is 10.4. The number of nitrogens with one attached hydrogen (secondary N) is 1. The fraction of sp³-hybridized carbons (Fsp3) is 0.833. The minimum absolute atomic E-state index is 0.0143. The monoisotopic (exact) mass is 131 g/mol. The first-order chi connectivity index (χ1) is 4.16. The molecule has 0 rings (SSSR count). The van der Waals surface area contributed by atoms with E-state index in [1.165, 1.54) is 6.92 Å². The van der Waals surface area contributed by atoms with Gasteiger partial charge in [-0.05, 0) is 6.92 Å². The van der Waals surface area contributed by atoms with Gasteiger partial charge in [-0.2, -0.15) is 0 Å². The molecule has 1 atom stereocenters. The van der Waals surface area contributed by atoms with Crippen molar-refractivity contribution in [2.24, 2.45) is 0 Å². The smallest absolute Gasteiger partial charge is 0.217 e. The van der Waals surface area contributed by atoms with Gasteiger partial charge in [0.25, 0.3) is 0 Å². The summed E-state index contributed by atoms with van der Waals surface area (Å²) >= 11 is 0. The Morgan fingerprint density at radius 1 is 1.78 bits per heavy atom. The van der Waals surface area contributed by atoms with Crippen molar-refractivity contribution in [2.45, 2.75) is 19.9 Å². The van der Waals surface area contributed by atoms with Crippen LogP contribution in [0.4, 0.5) is 0 Å². The number of amides is 1. The third-order valence-electron chi connectivity index (χ3n) is 0.866. The number of carbonyl (C=O) groups excluding carboxylic acids is 1. The van der Waals surface area contributed by atoms with E-state index in [1.54, 1.807) is 7.11 Å². The van der Waals surface area contributed by atoms with E-state index in [1.807, 2.05) is 6.92 Å². The standard InChI is InChI=1S/C6H13NO2/c1-5(4-9-3)7-6(2)8/h5H,4H2,1-3H3,(H,7,8)/t5-/m0/s1. The van der Waals surface area contributed by atoms with Gasteiger partial charge in [0.05, 0.1) is 6.61 Å². The Kier molecular flexibility index (Phi) is 4.05. The summed E-state index contributed by atoms with van der Waals surface area (Å²) in [6.07, 6.45) is 0. The van der Waals surface area contributed by atoms with E-state index in [0.29, 0.717) is 6.61 Å². The molecule has 0 saturated carbocycles. The Balaban J connectivity index is 3.26. The molecule has 0 heterocycles. The second-order valence-electron chi connectivity index (χ2n) is 2.06. The summed E-state index contributed by atoms with van der Waals surface area (Å²) in [6.45, 7) is 3.96. The molecule has 0 fully saturated rings. The van der Waals surface area contributed by atoms with E-state index in [-0.39, 0.29) is 11.9 Å². The predicted molar refractivity (Wildman–Crippen MR) is 35.2 cm³/mol. The molecule has 3 nitrogen and oxygen atoms in total. The number of hydrogen-bond acceptors (Lipinski definition) is 2. The fourth-order valence-electron chi connectivity index (χ4n) is 0.639. The summed E-state index contributed by atoms with van der Waals surface area (Å²) in [5.74, 6) is -0.0143. The largest absolute Gasteiger partial charge is 0.383 e. The van der Waals surface area contributed by atoms with Gasteiger partial charge in [-0.1, -0.05) is 0 Å². The lowest BCUT2D eigenvalue weighted by Gasteiger charge is -2.09. The molecule has 0 aromatic rings. The van der Waals surface area contributed by atoms with Crippen molar-refractivity contribution in [3.63, 3.8) is 0 Å². The van der Waals surface area contributed by atoms with Crippen molar-refractivity contribution in [1.82, 2.24) is 5.32 Å². The van der Waals surface area contributed by atoms with Gasteiger partial charge in [0, 0.05) is 20.1 Å². The zero-order valence-corrected chi connectivity index (χ0v) is 6.10. The van der Waals surface area contributed by atoms with E-state index < -0.39 is 0 Å². The van der Waals surface area contributed by atoms with Gasteiger partial charge in [-0.3, -0.25) is 4.79 Å². The number of rotatable bonds is 3. The second-order valence-corrected chi connectivity index (χ2v) is 2.06. The van der Waals surface area contributed by atoms with Crippen molar-refractivity contribution in [3.05, 3.63) is 0 Å². The highest BCUT2D eigenvalue weighted by Gasteiger charge is 1.99. The molecule has 1 amide bonds. The molecule has 0 aliphatic heterocycles. The first-order valence-corrected chi connectivity index (χ1v) is 2.93. The van der Waals surface area contributed by atoms with Crippen LogP contribution in [0.2, 0.25) is 0 Å². The van der Waals surface area contributed by atoms with Crippen molar-refractivity contribution in [1.29, 1.82) is 0 Å². The lowest BCUT2D eigenvalue weighted by atomic mass is 10.3. The molecule has 9 heavy (non-hydrogen) atoms. The lowest BCUT2D eigenvalue weighted by molar-refractivity contribution is -0.119. The normalized spacial score (nSPS) is 12.8. The molecular formula is C6H13NO2. The van der Waals surface area contributed by atoms with Crippen LogP contribution < -0.4 is 5.32 Å². The van der Waals surface area contributed by atoms with Crippen LogP contribution in [-0.2, 0) is 9.53 Å². The Morgan fingerprint density at radius 3 is 2.67 bits per heavy atom. The summed E-state index contributed by atoms with van der Waals surface area (Å²) in [6, 6.07) is 0.118. The summed E-state index contributed by atoms with van der Waals surface area (Å²) < 4.78 is 4.79. The molecule has 0 unspecified atom stereocenters. The Morgan fingerprint density at radius 2 is 2.33 bits per heavy atom. The maximum atomic E-state index is 10.4. The molecule has 0 saturated heterocycles. The quantitative estimate of drug-likeness (QED) is 0.592. The summed E-state index contributed by atoms with van der Waals surface area (Å²) in [5, 5.41) is 2.68. The molecule has 0 aromatic heterocycles. The molecule has 0 bridgehead atoms. The SMILES string of the molecule is COC[C@H](C)NC(C)=O. The fourth-order valence-corrected chi connectivity index (χ4v) is 0.639. The van der Waals surface area contributed by atoms with Gasteiger partial charge in [0.2, 0.25) is 5.91 Å². The van der Waals surface area contributed by atoms with Crippen molar-refractivity contribution < 1.29 is 9.53 Å². The highest BCUT2D eigenvalue weighted by molar-refractivity contribution is 5.73. The molecule has 54 valence electrons. The van der Waals surface area contributed by atoms with Crippen molar-refractivity contribution >= 4 is 5.91 Å². The molecule has 0 aromatic carbocycles. The van der Waals surface area contributed by atoms with Crippen LogP contribution in [0.25, 0.3) is 0 Å². The Bertz CT molecular complexity index is 93.1. The Hall–Kier alpha value is -0.570. The first kappa shape index (κ1) is 8.43. The summed E-state index contributed by atoms with van der Waals surface area (Å²) in [5.41, 5.74) is 0. The van der Waals surface area contributed by atoms with Crippen LogP contribution in [0.15, 0.2) is 0 Å². The van der Waals surface area contributed by atoms with E-state index in [4.69, 9.17) is 4.74 Å². The van der Waals surface area contributed by atoms with Crippen LogP contribution in [0.5, 0.6) is 0 Å². The summed E-state index contributed by atoms with van der Waals surface area (Å²) in [7, 11) is 1.61. The topological polar surface area (TPSA) is 38.3 Å². The lowest BCUT2D eigenvalue weighted by Crippen LogP contribution is -2.33. The maximum Gasteiger partial charge on any atom is 0.217 e. The van der Waals surface area contributed by atoms with Gasteiger partial charge >= 0.3 is 0 Å². The van der Waals surface area contributed by atoms with E-state index in [0.717, 1.165) is 0 Å². The molecule has 0 aliphatic rings. The van der Waals surface area contributed by atoms with Crippen LogP contribution in [0.3, 0.4) is 0 Å². The van der Waals surface area contributed by atoms with Gasteiger partial charge in [-0.25, -0.2) is 0 Å². The predicted octanol–water partition coefficient (Wildman–Crippen LogP) is 0.157. The molecule has 3 heteroatoms. The zero-order chi connectivity index (χ0) is 7.28. The van der Waals surface area contributed by atoms with Crippen molar-refractivity contribution in [3.8, 4) is 0 Å². The van der Waals surface area contributed by atoms with Gasteiger partial charge in [0.15, 0.2) is 0 Å². The van der Waals surface area contributed by atoms with E-state index in [2.05, 4.69) is 5.32 Å². The number of carbonyl (C=O) groups is 1. The van der Waals surface area contributed by atoms with Crippen LogP contribution in [-0.4, -0.2) is 25.7 Å². The van der Waals surface area contributed by atoms with Gasteiger partial charge < -0.3 is 10.1 Å². The first-order valence-electron chi connectivity index (χ1n) is 2.93. The third kappa shape index (κ3) is 5.30. The van der Waals surface area contributed by atoms with Crippen molar-refractivity contribution in [2.75, 3.05) is 13.7 Å². The Labute approximate surface area is 55.4 Å². The van der Waals surface area contributed by atoms with Gasteiger partial charge in [0.1, 0.15) is 0 Å². The minimum atomic E-state index is -0.0143. The zero-order valence-electron chi connectivity index (χ0n) is 6.10. The average molecular weight is 131 g/mol. The number of ether oxygens (including phenoxy) is 1. The van der Waals surface area contributed by atoms with Crippen LogP contribution >= 0.6 is 0 Å². The molecule has 0 radical (unpaired) electrons. The number of methoxy groups -OCH3 is 1. The molecule has 0 aliphatic carbocycles. The molecule has 1 N–H and O–H groups in total. The van der Waals surface area contributed by atoms with E-state index >= 15 is 0 Å². The van der Waals surface area contributed by atoms with Crippen LogP contribution in [0.1, 0.15) is 13.8 Å². The highest BCUT2D eigenvalue weighted by atomic mass is 16.5. The average Bonchev–Trinajstić information content (AvgIpc) is 1.63. The van der Waals surface area contributed by atoms with Gasteiger partial charge in [-0.15, -0.1) is 0 Å². The molecular weight excluding hydrogens is 118 g/mol. The number of hydrogen-bond donors (Lipinski definition) is 1.